The minimum atomic E-state index is 0.543. The topological polar surface area (TPSA) is 56.7 Å². The Morgan fingerprint density at radius 3 is 2.94 bits per heavy atom. The van der Waals surface area contributed by atoms with Gasteiger partial charge in [-0.3, -0.25) is 0 Å². The van der Waals surface area contributed by atoms with Crippen LogP contribution >= 0.6 is 11.3 Å². The second kappa shape index (κ2) is 3.85. The van der Waals surface area contributed by atoms with Crippen LogP contribution in [0.15, 0.2) is 30.3 Å². The first-order valence-electron chi connectivity index (χ1n) is 5.48. The fourth-order valence-corrected chi connectivity index (χ4v) is 2.76. The number of thiazole rings is 1. The molecule has 0 unspecified atom stereocenters. The number of aryl methyl sites for hydroxylation is 1. The lowest BCUT2D eigenvalue weighted by molar-refractivity contribution is 0.812. The van der Waals surface area contributed by atoms with E-state index in [0.717, 1.165) is 22.8 Å². The van der Waals surface area contributed by atoms with Gasteiger partial charge in [0.05, 0.1) is 10.2 Å². The summed E-state index contributed by atoms with van der Waals surface area (Å²) in [6.07, 6.45) is 0.889. The highest BCUT2D eigenvalue weighted by molar-refractivity contribution is 7.20. The number of benzene rings is 1. The fraction of sp³-hybridized carbons (Fsp3) is 0.167. The number of nitrogens with two attached hydrogens (primary N) is 1. The molecule has 0 aliphatic carbocycles. The van der Waals surface area contributed by atoms with Crippen LogP contribution in [0.5, 0.6) is 0 Å². The van der Waals surface area contributed by atoms with E-state index in [1.807, 2.05) is 28.9 Å². The molecule has 0 saturated carbocycles. The molecular weight excluding hydrogens is 232 g/mol. The zero-order valence-electron chi connectivity index (χ0n) is 9.42. The number of aromatic nitrogens is 3. The zero-order valence-corrected chi connectivity index (χ0v) is 10.2. The maximum atomic E-state index is 5.73. The van der Waals surface area contributed by atoms with E-state index >= 15 is 0 Å². The third kappa shape index (κ3) is 1.68. The van der Waals surface area contributed by atoms with E-state index in [1.165, 1.54) is 4.70 Å². The Kier molecular flexibility index (Phi) is 2.33. The van der Waals surface area contributed by atoms with Crippen molar-refractivity contribution in [2.24, 2.45) is 0 Å². The zero-order chi connectivity index (χ0) is 11.8. The van der Waals surface area contributed by atoms with Crippen molar-refractivity contribution in [3.8, 4) is 5.13 Å². The third-order valence-corrected chi connectivity index (χ3v) is 3.64. The van der Waals surface area contributed by atoms with Crippen molar-refractivity contribution < 1.29 is 0 Å². The van der Waals surface area contributed by atoms with Crippen LogP contribution in [0.2, 0.25) is 0 Å². The third-order valence-electron chi connectivity index (χ3n) is 2.63. The molecule has 0 aliphatic rings. The molecule has 0 spiro atoms. The molecule has 17 heavy (non-hydrogen) atoms. The summed E-state index contributed by atoms with van der Waals surface area (Å²) < 4.78 is 3.00. The number of hydrogen-bond donors (Lipinski definition) is 1. The van der Waals surface area contributed by atoms with Gasteiger partial charge >= 0.3 is 0 Å². The normalized spacial score (nSPS) is 11.1. The van der Waals surface area contributed by atoms with Crippen LogP contribution < -0.4 is 5.73 Å². The molecule has 0 saturated heterocycles. The molecule has 3 rings (SSSR count). The van der Waals surface area contributed by atoms with Gasteiger partial charge in [-0.05, 0) is 18.6 Å². The van der Waals surface area contributed by atoms with E-state index in [1.54, 1.807) is 11.3 Å². The Labute approximate surface area is 103 Å². The summed E-state index contributed by atoms with van der Waals surface area (Å²) in [6.45, 7) is 2.08. The largest absolute Gasteiger partial charge is 0.382 e. The summed E-state index contributed by atoms with van der Waals surface area (Å²) >= 11 is 1.63. The van der Waals surface area contributed by atoms with Crippen LogP contribution in [-0.4, -0.2) is 14.8 Å². The number of nitrogen functional groups attached to an aromatic ring is 1. The van der Waals surface area contributed by atoms with Crippen molar-refractivity contribution in [2.45, 2.75) is 13.3 Å². The minimum Gasteiger partial charge on any atom is -0.382 e. The lowest BCUT2D eigenvalue weighted by Crippen LogP contribution is -2.00. The number of nitrogens with zero attached hydrogens (tertiary/aromatic N) is 3. The Balaban J connectivity index is 2.19. The number of para-hydroxylation sites is 1. The van der Waals surface area contributed by atoms with Crippen LogP contribution in [0, 0.1) is 0 Å². The number of fused-ring (bicyclic) bond motifs is 1. The highest BCUT2D eigenvalue weighted by atomic mass is 32.1. The van der Waals surface area contributed by atoms with E-state index in [4.69, 9.17) is 5.73 Å². The van der Waals surface area contributed by atoms with E-state index in [0.29, 0.717) is 5.82 Å². The van der Waals surface area contributed by atoms with Gasteiger partial charge in [0, 0.05) is 11.8 Å². The van der Waals surface area contributed by atoms with Gasteiger partial charge in [0.15, 0.2) is 0 Å². The maximum absolute atomic E-state index is 5.73. The molecule has 86 valence electrons. The summed E-state index contributed by atoms with van der Waals surface area (Å²) in [5, 5.41) is 5.16. The van der Waals surface area contributed by atoms with Crippen molar-refractivity contribution in [3.63, 3.8) is 0 Å². The highest BCUT2D eigenvalue weighted by Gasteiger charge is 2.10. The Hall–Kier alpha value is -1.88. The van der Waals surface area contributed by atoms with Crippen LogP contribution in [-0.2, 0) is 6.42 Å². The van der Waals surface area contributed by atoms with Crippen LogP contribution in [0.1, 0.15) is 12.6 Å². The second-order valence-electron chi connectivity index (χ2n) is 3.79. The average molecular weight is 244 g/mol. The Morgan fingerprint density at radius 1 is 1.35 bits per heavy atom. The summed E-state index contributed by atoms with van der Waals surface area (Å²) in [5.74, 6) is 0.543. The SMILES string of the molecule is CCc1cc(N)nn1-c1nc2ccccc2s1. The molecule has 3 aromatic rings. The van der Waals surface area contributed by atoms with E-state index in [9.17, 15) is 0 Å². The van der Waals surface area contributed by atoms with Gasteiger partial charge in [0.1, 0.15) is 5.82 Å². The minimum absolute atomic E-state index is 0.543. The molecule has 2 N–H and O–H groups in total. The van der Waals surface area contributed by atoms with Gasteiger partial charge < -0.3 is 5.73 Å². The predicted octanol–water partition coefficient (Wildman–Crippen LogP) is 2.63. The summed E-state index contributed by atoms with van der Waals surface area (Å²) in [5.41, 5.74) is 7.82. The molecule has 2 heterocycles. The van der Waals surface area contributed by atoms with Crippen LogP contribution in [0.4, 0.5) is 5.82 Å². The van der Waals surface area contributed by atoms with Crippen LogP contribution in [0.25, 0.3) is 15.3 Å². The quantitative estimate of drug-likeness (QED) is 0.754. The van der Waals surface area contributed by atoms with Crippen molar-refractivity contribution in [3.05, 3.63) is 36.0 Å². The lowest BCUT2D eigenvalue weighted by atomic mass is 10.3. The first-order valence-corrected chi connectivity index (χ1v) is 6.30. The second-order valence-corrected chi connectivity index (χ2v) is 4.80. The summed E-state index contributed by atoms with van der Waals surface area (Å²) in [7, 11) is 0. The van der Waals surface area contributed by atoms with Crippen molar-refractivity contribution in [1.82, 2.24) is 14.8 Å². The first kappa shape index (κ1) is 10.3. The number of rotatable bonds is 2. The van der Waals surface area contributed by atoms with E-state index < -0.39 is 0 Å². The molecule has 0 fully saturated rings. The van der Waals surface area contributed by atoms with Gasteiger partial charge in [-0.25, -0.2) is 9.67 Å². The Morgan fingerprint density at radius 2 is 2.18 bits per heavy atom. The van der Waals surface area contributed by atoms with Crippen molar-refractivity contribution >= 4 is 27.4 Å². The fourth-order valence-electron chi connectivity index (χ4n) is 1.81. The molecule has 5 heteroatoms. The van der Waals surface area contributed by atoms with Gasteiger partial charge in [-0.15, -0.1) is 5.10 Å². The molecule has 4 nitrogen and oxygen atoms in total. The molecular formula is C12H12N4S. The first-order chi connectivity index (χ1) is 8.28. The molecule has 0 amide bonds. The van der Waals surface area contributed by atoms with Gasteiger partial charge in [0.2, 0.25) is 5.13 Å². The monoisotopic (exact) mass is 244 g/mol. The van der Waals surface area contributed by atoms with E-state index in [-0.39, 0.29) is 0 Å². The predicted molar refractivity (Wildman–Crippen MR) is 70.5 cm³/mol. The number of hydrogen-bond acceptors (Lipinski definition) is 4. The van der Waals surface area contributed by atoms with Crippen LogP contribution in [0.3, 0.4) is 0 Å². The van der Waals surface area contributed by atoms with Crippen molar-refractivity contribution in [2.75, 3.05) is 5.73 Å². The molecule has 0 atom stereocenters. The average Bonchev–Trinajstić information content (AvgIpc) is 2.91. The molecule has 0 bridgehead atoms. The molecule has 0 aliphatic heterocycles. The number of anilines is 1. The maximum Gasteiger partial charge on any atom is 0.211 e. The molecule has 0 radical (unpaired) electrons. The standard InChI is InChI=1S/C12H12N4S/c1-2-8-7-11(13)15-16(8)12-14-9-5-3-4-6-10(9)17-12/h3-7H,2H2,1H3,(H2,13,15). The lowest BCUT2D eigenvalue weighted by Gasteiger charge is -1.99. The summed E-state index contributed by atoms with van der Waals surface area (Å²) in [6, 6.07) is 9.97. The molecule has 1 aromatic carbocycles. The molecule has 2 aromatic heterocycles. The van der Waals surface area contributed by atoms with Gasteiger partial charge in [-0.2, -0.15) is 0 Å². The van der Waals surface area contributed by atoms with Gasteiger partial charge in [-0.1, -0.05) is 30.4 Å². The van der Waals surface area contributed by atoms with E-state index in [2.05, 4.69) is 23.1 Å². The van der Waals surface area contributed by atoms with Gasteiger partial charge in [0.25, 0.3) is 0 Å². The highest BCUT2D eigenvalue weighted by Crippen LogP contribution is 2.25. The smallest absolute Gasteiger partial charge is 0.211 e. The van der Waals surface area contributed by atoms with Crippen molar-refractivity contribution in [1.29, 1.82) is 0 Å². The summed E-state index contributed by atoms with van der Waals surface area (Å²) in [4.78, 5) is 4.57. The Bertz CT molecular complexity index is 635.